The molecule has 61 valence electrons. The molecule has 0 spiro atoms. The van der Waals surface area contributed by atoms with E-state index in [1.165, 1.54) is 25.7 Å². The lowest BCUT2D eigenvalue weighted by Gasteiger charge is -2.21. The Hall–Kier alpha value is -0.330. The Kier molecular flexibility index (Phi) is 1.97. The van der Waals surface area contributed by atoms with Gasteiger partial charge in [-0.05, 0) is 24.7 Å². The van der Waals surface area contributed by atoms with Gasteiger partial charge in [-0.15, -0.1) is 0 Å². The molecule has 0 N–H and O–H groups in total. The van der Waals surface area contributed by atoms with Crippen LogP contribution in [-0.2, 0) is 4.79 Å². The van der Waals surface area contributed by atoms with E-state index in [1.807, 2.05) is 0 Å². The predicted molar refractivity (Wildman–Crippen MR) is 43.9 cm³/mol. The van der Waals surface area contributed by atoms with Gasteiger partial charge in [0.1, 0.15) is 0 Å². The van der Waals surface area contributed by atoms with Crippen LogP contribution in [0.5, 0.6) is 0 Å². The fourth-order valence-corrected chi connectivity index (χ4v) is 2.70. The Balaban J connectivity index is 2.05. The van der Waals surface area contributed by atoms with Crippen LogP contribution in [-0.4, -0.2) is 6.29 Å². The molecular formula is C10H15O. The van der Waals surface area contributed by atoms with E-state index in [2.05, 4.69) is 6.29 Å². The Morgan fingerprint density at radius 1 is 0.909 bits per heavy atom. The first-order valence-electron chi connectivity index (χ1n) is 4.76. The summed E-state index contributed by atoms with van der Waals surface area (Å²) < 4.78 is 0. The van der Waals surface area contributed by atoms with Crippen LogP contribution in [0.15, 0.2) is 0 Å². The second kappa shape index (κ2) is 2.96. The van der Waals surface area contributed by atoms with Crippen LogP contribution in [0.1, 0.15) is 38.5 Å². The molecule has 0 atom stereocenters. The maximum absolute atomic E-state index is 10.5. The summed E-state index contributed by atoms with van der Waals surface area (Å²) in [7, 11) is 0. The third kappa shape index (κ3) is 1.47. The molecule has 0 unspecified atom stereocenters. The standard InChI is InChI=1S/C10H15O/c11-7-10-5-8-1-2-9(6-10)4-3-8/h8-10H,1-6H2. The Morgan fingerprint density at radius 3 is 1.73 bits per heavy atom. The van der Waals surface area contributed by atoms with Crippen molar-refractivity contribution in [1.29, 1.82) is 0 Å². The normalized spacial score (nSPS) is 43.5. The van der Waals surface area contributed by atoms with E-state index >= 15 is 0 Å². The van der Waals surface area contributed by atoms with Gasteiger partial charge in [0.15, 0.2) is 0 Å². The Morgan fingerprint density at radius 2 is 1.36 bits per heavy atom. The van der Waals surface area contributed by atoms with Gasteiger partial charge in [0.2, 0.25) is 6.29 Å². The summed E-state index contributed by atoms with van der Waals surface area (Å²) in [5, 5.41) is 0. The lowest BCUT2D eigenvalue weighted by Crippen LogP contribution is -2.08. The van der Waals surface area contributed by atoms with E-state index in [1.54, 1.807) is 0 Å². The van der Waals surface area contributed by atoms with Crippen molar-refractivity contribution >= 4 is 6.29 Å². The number of rotatable bonds is 1. The average molecular weight is 151 g/mol. The molecule has 0 aromatic heterocycles. The molecule has 1 nitrogen and oxygen atoms in total. The molecule has 3 fully saturated rings. The summed E-state index contributed by atoms with van der Waals surface area (Å²) in [5.74, 6) is 2.01. The average Bonchev–Trinajstić information content (AvgIpc) is 2.35. The van der Waals surface area contributed by atoms with Gasteiger partial charge in [-0.1, -0.05) is 25.7 Å². The highest BCUT2D eigenvalue weighted by Crippen LogP contribution is 2.40. The van der Waals surface area contributed by atoms with Gasteiger partial charge in [0, 0.05) is 5.92 Å². The van der Waals surface area contributed by atoms with Crippen molar-refractivity contribution in [1.82, 2.24) is 0 Å². The number of carbonyl (C=O) groups excluding carboxylic acids is 1. The zero-order valence-electron chi connectivity index (χ0n) is 6.88. The monoisotopic (exact) mass is 151 g/mol. The Labute approximate surface area is 68.2 Å². The van der Waals surface area contributed by atoms with E-state index in [9.17, 15) is 4.79 Å². The molecule has 0 amide bonds. The molecule has 1 heteroatoms. The minimum absolute atomic E-state index is 0.287. The van der Waals surface area contributed by atoms with E-state index in [0.29, 0.717) is 0 Å². The molecule has 3 aliphatic carbocycles. The molecule has 3 rings (SSSR count). The highest BCUT2D eigenvalue weighted by molar-refractivity contribution is 5.54. The third-order valence-electron chi connectivity index (χ3n) is 3.37. The zero-order valence-corrected chi connectivity index (χ0v) is 6.88. The van der Waals surface area contributed by atoms with E-state index in [0.717, 1.165) is 24.7 Å². The minimum atomic E-state index is 0.287. The fourth-order valence-electron chi connectivity index (χ4n) is 2.70. The third-order valence-corrected chi connectivity index (χ3v) is 3.37. The molecule has 0 heterocycles. The lowest BCUT2D eigenvalue weighted by atomic mass is 9.84. The second-order valence-electron chi connectivity index (χ2n) is 4.17. The van der Waals surface area contributed by atoms with Crippen molar-refractivity contribution in [3.8, 4) is 0 Å². The maximum Gasteiger partial charge on any atom is 0.201 e. The predicted octanol–water partition coefficient (Wildman–Crippen LogP) is 2.31. The first-order valence-corrected chi connectivity index (χ1v) is 4.76. The van der Waals surface area contributed by atoms with E-state index in [-0.39, 0.29) is 5.92 Å². The molecule has 2 bridgehead atoms. The summed E-state index contributed by atoms with van der Waals surface area (Å²) in [6.07, 6.45) is 9.98. The molecule has 3 saturated carbocycles. The van der Waals surface area contributed by atoms with Crippen LogP contribution in [0, 0.1) is 17.8 Å². The number of hydrogen-bond acceptors (Lipinski definition) is 1. The van der Waals surface area contributed by atoms with Gasteiger partial charge in [0.05, 0.1) is 0 Å². The van der Waals surface area contributed by atoms with E-state index < -0.39 is 0 Å². The van der Waals surface area contributed by atoms with Crippen LogP contribution in [0.2, 0.25) is 0 Å². The topological polar surface area (TPSA) is 17.1 Å². The first-order chi connectivity index (χ1) is 5.38. The smallest absolute Gasteiger partial charge is 0.201 e. The highest BCUT2D eigenvalue weighted by Gasteiger charge is 2.30. The maximum atomic E-state index is 10.5. The van der Waals surface area contributed by atoms with Gasteiger partial charge in [0.25, 0.3) is 0 Å². The van der Waals surface area contributed by atoms with Crippen molar-refractivity contribution < 1.29 is 4.79 Å². The lowest BCUT2D eigenvalue weighted by molar-refractivity contribution is 0.308. The molecule has 0 saturated heterocycles. The summed E-state index contributed by atoms with van der Waals surface area (Å²) in [5.41, 5.74) is 0. The van der Waals surface area contributed by atoms with Crippen molar-refractivity contribution in [2.24, 2.45) is 17.8 Å². The minimum Gasteiger partial charge on any atom is -0.291 e. The van der Waals surface area contributed by atoms with Crippen molar-refractivity contribution in [2.75, 3.05) is 0 Å². The molecule has 11 heavy (non-hydrogen) atoms. The quantitative estimate of drug-likeness (QED) is 0.562. The van der Waals surface area contributed by atoms with Crippen LogP contribution in [0.25, 0.3) is 0 Å². The highest BCUT2D eigenvalue weighted by atomic mass is 16.1. The van der Waals surface area contributed by atoms with Gasteiger partial charge >= 0.3 is 0 Å². The van der Waals surface area contributed by atoms with Gasteiger partial charge < -0.3 is 0 Å². The van der Waals surface area contributed by atoms with Gasteiger partial charge in [-0.3, -0.25) is 4.79 Å². The van der Waals surface area contributed by atoms with E-state index in [4.69, 9.17) is 0 Å². The van der Waals surface area contributed by atoms with Crippen LogP contribution >= 0.6 is 0 Å². The second-order valence-corrected chi connectivity index (χ2v) is 4.17. The zero-order chi connectivity index (χ0) is 7.68. The SMILES string of the molecule is O=[C]C1CC2CCC(CC2)C1. The van der Waals surface area contributed by atoms with Crippen molar-refractivity contribution in [2.45, 2.75) is 38.5 Å². The summed E-state index contributed by atoms with van der Waals surface area (Å²) >= 11 is 0. The first kappa shape index (κ1) is 7.33. The summed E-state index contributed by atoms with van der Waals surface area (Å²) in [4.78, 5) is 10.5. The molecule has 0 aromatic carbocycles. The number of hydrogen-bond donors (Lipinski definition) is 0. The molecular weight excluding hydrogens is 136 g/mol. The van der Waals surface area contributed by atoms with Crippen LogP contribution < -0.4 is 0 Å². The summed E-state index contributed by atoms with van der Waals surface area (Å²) in [6, 6.07) is 0. The van der Waals surface area contributed by atoms with Gasteiger partial charge in [-0.2, -0.15) is 0 Å². The molecule has 1 radical (unpaired) electrons. The van der Waals surface area contributed by atoms with Gasteiger partial charge in [-0.25, -0.2) is 0 Å². The van der Waals surface area contributed by atoms with Crippen LogP contribution in [0.4, 0.5) is 0 Å². The molecule has 0 aliphatic heterocycles. The Bertz CT molecular complexity index is 131. The molecule has 0 aromatic rings. The van der Waals surface area contributed by atoms with Crippen molar-refractivity contribution in [3.05, 3.63) is 0 Å². The van der Waals surface area contributed by atoms with Crippen LogP contribution in [0.3, 0.4) is 0 Å². The molecule has 3 aliphatic rings. The fraction of sp³-hybridized carbons (Fsp3) is 0.900. The number of fused-ring (bicyclic) bond motifs is 4. The summed E-state index contributed by atoms with van der Waals surface area (Å²) in [6.45, 7) is 0. The largest absolute Gasteiger partial charge is 0.291 e. The van der Waals surface area contributed by atoms with Crippen molar-refractivity contribution in [3.63, 3.8) is 0 Å².